The molecule has 0 aliphatic carbocycles. The maximum absolute atomic E-state index is 12.3. The van der Waals surface area contributed by atoms with E-state index in [1.54, 1.807) is 23.5 Å². The van der Waals surface area contributed by atoms with Crippen molar-refractivity contribution in [1.82, 2.24) is 0 Å². The maximum Gasteiger partial charge on any atom is 0.279 e. The number of hydrogen-bond acceptors (Lipinski definition) is 4. The smallest absolute Gasteiger partial charge is 0.279 e. The van der Waals surface area contributed by atoms with Crippen molar-refractivity contribution in [3.05, 3.63) is 51.7 Å². The number of amides is 1. The second-order valence-electron chi connectivity index (χ2n) is 5.42. The highest BCUT2D eigenvalue weighted by Crippen LogP contribution is 2.34. The first-order valence-corrected chi connectivity index (χ1v) is 9.13. The summed E-state index contributed by atoms with van der Waals surface area (Å²) in [5.74, 6) is 1.32. The van der Waals surface area contributed by atoms with Gasteiger partial charge in [0.1, 0.15) is 6.54 Å². The minimum absolute atomic E-state index is 0.0404. The molecule has 1 atom stereocenters. The molecule has 0 spiro atoms. The zero-order valence-corrected chi connectivity index (χ0v) is 15.4. The van der Waals surface area contributed by atoms with Crippen LogP contribution in [0.4, 0.5) is 5.69 Å². The highest BCUT2D eigenvalue weighted by molar-refractivity contribution is 9.11. The summed E-state index contributed by atoms with van der Waals surface area (Å²) < 4.78 is 11.7. The van der Waals surface area contributed by atoms with Crippen LogP contribution < -0.4 is 19.7 Å². The first kappa shape index (κ1) is 17.0. The van der Waals surface area contributed by atoms with E-state index in [1.165, 1.54) is 4.88 Å². The standard InChI is InChI=1S/C17H17BrN2O3S/c1-2-7-20(9-13-4-6-16(18)24-13)10-17(21)19-12-3-5-14-15(8-12)23-11-22-14/h2-6,8H,1,7,9-11H2,(H,19,21)/p+1. The van der Waals surface area contributed by atoms with Crippen molar-refractivity contribution in [2.75, 3.05) is 25.2 Å². The van der Waals surface area contributed by atoms with E-state index >= 15 is 0 Å². The molecule has 0 saturated heterocycles. The molecule has 1 aromatic heterocycles. The lowest BCUT2D eigenvalue weighted by Gasteiger charge is -2.16. The molecule has 0 bridgehead atoms. The van der Waals surface area contributed by atoms with Gasteiger partial charge in [-0.3, -0.25) is 4.79 Å². The largest absolute Gasteiger partial charge is 0.454 e. The maximum atomic E-state index is 12.3. The number of fused-ring (bicyclic) bond motifs is 1. The van der Waals surface area contributed by atoms with Crippen LogP contribution >= 0.6 is 27.3 Å². The van der Waals surface area contributed by atoms with E-state index in [4.69, 9.17) is 9.47 Å². The zero-order chi connectivity index (χ0) is 16.9. The van der Waals surface area contributed by atoms with Crippen LogP contribution in [0, 0.1) is 0 Å². The van der Waals surface area contributed by atoms with Crippen molar-refractivity contribution in [2.24, 2.45) is 0 Å². The second-order valence-corrected chi connectivity index (χ2v) is 7.97. The van der Waals surface area contributed by atoms with Crippen LogP contribution in [0.2, 0.25) is 0 Å². The third-order valence-corrected chi connectivity index (χ3v) is 5.18. The fraction of sp³-hybridized carbons (Fsp3) is 0.235. The van der Waals surface area contributed by atoms with Crippen molar-refractivity contribution in [2.45, 2.75) is 6.54 Å². The SMILES string of the molecule is C=CC[NH+](CC(=O)Nc1ccc2c(c1)OCO2)Cc1ccc(Br)s1. The number of carbonyl (C=O) groups excluding carboxylic acids is 1. The first-order valence-electron chi connectivity index (χ1n) is 7.52. The number of hydrogen-bond donors (Lipinski definition) is 2. The molecule has 0 fully saturated rings. The molecule has 7 heteroatoms. The number of thiophene rings is 1. The second kappa shape index (κ2) is 7.83. The Bertz CT molecular complexity index is 747. The van der Waals surface area contributed by atoms with E-state index in [2.05, 4.69) is 33.9 Å². The van der Waals surface area contributed by atoms with Gasteiger partial charge in [-0.05, 0) is 46.3 Å². The minimum atomic E-state index is -0.0404. The molecule has 126 valence electrons. The van der Waals surface area contributed by atoms with Gasteiger partial charge in [-0.25, -0.2) is 0 Å². The summed E-state index contributed by atoms with van der Waals surface area (Å²) in [4.78, 5) is 14.7. The van der Waals surface area contributed by atoms with Gasteiger partial charge in [-0.1, -0.05) is 6.58 Å². The molecule has 1 amide bonds. The predicted molar refractivity (Wildman–Crippen MR) is 97.8 cm³/mol. The molecule has 2 N–H and O–H groups in total. The molecule has 2 heterocycles. The Balaban J connectivity index is 1.59. The lowest BCUT2D eigenvalue weighted by atomic mass is 10.2. The third kappa shape index (κ3) is 4.37. The van der Waals surface area contributed by atoms with Gasteiger partial charge in [0.05, 0.1) is 15.2 Å². The Hall–Kier alpha value is -1.83. The molecule has 5 nitrogen and oxygen atoms in total. The number of anilines is 1. The van der Waals surface area contributed by atoms with Crippen LogP contribution in [0.15, 0.2) is 46.8 Å². The van der Waals surface area contributed by atoms with Gasteiger partial charge >= 0.3 is 0 Å². The molecule has 0 saturated carbocycles. The first-order chi connectivity index (χ1) is 11.6. The number of benzene rings is 1. The molecule has 1 unspecified atom stereocenters. The van der Waals surface area contributed by atoms with Crippen molar-refractivity contribution in [3.63, 3.8) is 0 Å². The highest BCUT2D eigenvalue weighted by atomic mass is 79.9. The molecular weight excluding hydrogens is 392 g/mol. The fourth-order valence-electron chi connectivity index (χ4n) is 2.51. The van der Waals surface area contributed by atoms with E-state index in [0.717, 1.165) is 21.8 Å². The van der Waals surface area contributed by atoms with Crippen molar-refractivity contribution in [1.29, 1.82) is 0 Å². The molecule has 1 aromatic carbocycles. The molecule has 3 rings (SSSR count). The summed E-state index contributed by atoms with van der Waals surface area (Å²) in [5, 5.41) is 2.92. The van der Waals surface area contributed by atoms with Gasteiger partial charge in [0.25, 0.3) is 5.91 Å². The molecule has 24 heavy (non-hydrogen) atoms. The van der Waals surface area contributed by atoms with Gasteiger partial charge in [0.15, 0.2) is 18.0 Å². The van der Waals surface area contributed by atoms with Crippen molar-refractivity contribution in [3.8, 4) is 11.5 Å². The zero-order valence-electron chi connectivity index (χ0n) is 13.0. The number of nitrogens with one attached hydrogen (secondary N) is 2. The Morgan fingerprint density at radius 2 is 2.17 bits per heavy atom. The average Bonchev–Trinajstić information content (AvgIpc) is 3.15. The minimum Gasteiger partial charge on any atom is -0.454 e. The van der Waals surface area contributed by atoms with Gasteiger partial charge in [0.2, 0.25) is 6.79 Å². The topological polar surface area (TPSA) is 52.0 Å². The monoisotopic (exact) mass is 409 g/mol. The lowest BCUT2D eigenvalue weighted by Crippen LogP contribution is -3.11. The predicted octanol–water partition coefficient (Wildman–Crippen LogP) is 2.45. The number of halogens is 1. The molecule has 1 aliphatic heterocycles. The summed E-state index contributed by atoms with van der Waals surface area (Å²) in [7, 11) is 0. The Morgan fingerprint density at radius 3 is 2.92 bits per heavy atom. The highest BCUT2D eigenvalue weighted by Gasteiger charge is 2.17. The number of ether oxygens (including phenoxy) is 2. The summed E-state index contributed by atoms with van der Waals surface area (Å²) >= 11 is 5.15. The van der Waals surface area contributed by atoms with Crippen LogP contribution in [0.25, 0.3) is 0 Å². The molecule has 2 aromatic rings. The van der Waals surface area contributed by atoms with Crippen molar-refractivity contribution < 1.29 is 19.2 Å². The van der Waals surface area contributed by atoms with E-state index in [1.807, 2.05) is 18.2 Å². The van der Waals surface area contributed by atoms with Gasteiger partial charge in [-0.2, -0.15) is 0 Å². The summed E-state index contributed by atoms with van der Waals surface area (Å²) in [5.41, 5.74) is 0.709. The van der Waals surface area contributed by atoms with Crippen LogP contribution in [-0.2, 0) is 11.3 Å². The third-order valence-electron chi connectivity index (χ3n) is 3.55. The number of rotatable bonds is 7. The molecular formula is C17H18BrN2O3S+. The Kier molecular flexibility index (Phi) is 5.55. The van der Waals surface area contributed by atoms with Gasteiger partial charge in [-0.15, -0.1) is 11.3 Å². The Labute approximate surface area is 153 Å². The van der Waals surface area contributed by atoms with Crippen LogP contribution in [0.1, 0.15) is 4.88 Å². The number of quaternary nitrogens is 1. The number of carbonyl (C=O) groups is 1. The van der Waals surface area contributed by atoms with E-state index in [0.29, 0.717) is 23.7 Å². The average molecular weight is 410 g/mol. The molecule has 1 aliphatic rings. The van der Waals surface area contributed by atoms with Crippen molar-refractivity contribution >= 4 is 38.9 Å². The summed E-state index contributed by atoms with van der Waals surface area (Å²) in [6.45, 7) is 5.90. The summed E-state index contributed by atoms with van der Waals surface area (Å²) in [6.07, 6.45) is 1.84. The van der Waals surface area contributed by atoms with Crippen LogP contribution in [-0.4, -0.2) is 25.8 Å². The normalized spacial score (nSPS) is 13.5. The van der Waals surface area contributed by atoms with Gasteiger partial charge < -0.3 is 19.7 Å². The quantitative estimate of drug-likeness (QED) is 0.690. The molecule has 0 radical (unpaired) electrons. The summed E-state index contributed by atoms with van der Waals surface area (Å²) in [6, 6.07) is 9.50. The lowest BCUT2D eigenvalue weighted by molar-refractivity contribution is -0.899. The van der Waals surface area contributed by atoms with E-state index in [9.17, 15) is 4.79 Å². The Morgan fingerprint density at radius 1 is 1.33 bits per heavy atom. The van der Waals surface area contributed by atoms with Gasteiger partial charge in [0, 0.05) is 11.8 Å². The van der Waals surface area contributed by atoms with Crippen LogP contribution in [0.5, 0.6) is 11.5 Å². The van der Waals surface area contributed by atoms with Crippen LogP contribution in [0.3, 0.4) is 0 Å². The fourth-order valence-corrected chi connectivity index (χ4v) is 4.07. The van der Waals surface area contributed by atoms with E-state index in [-0.39, 0.29) is 12.7 Å². The van der Waals surface area contributed by atoms with E-state index < -0.39 is 0 Å².